The Balaban J connectivity index is 2.27. The predicted molar refractivity (Wildman–Crippen MR) is 81.9 cm³/mol. The smallest absolute Gasteiger partial charge is 0.377 e. The van der Waals surface area contributed by atoms with Crippen LogP contribution in [0.1, 0.15) is 5.56 Å². The lowest BCUT2D eigenvalue weighted by Gasteiger charge is -2.27. The molecule has 28 heavy (non-hydrogen) atoms. The maximum Gasteiger partial charge on any atom is 0.459 e. The van der Waals surface area contributed by atoms with E-state index in [1.807, 2.05) is 0 Å². The van der Waals surface area contributed by atoms with E-state index in [0.29, 0.717) is 0 Å². The van der Waals surface area contributed by atoms with Crippen LogP contribution in [-0.2, 0) is 23.8 Å². The van der Waals surface area contributed by atoms with Gasteiger partial charge < -0.3 is 9.47 Å². The second-order valence-electron chi connectivity index (χ2n) is 5.53. The minimum absolute atomic E-state index is 0.0887. The maximum absolute atomic E-state index is 12.9. The highest BCUT2D eigenvalue weighted by molar-refractivity contribution is 7.86. The van der Waals surface area contributed by atoms with Crippen LogP contribution in [0.3, 0.4) is 0 Å². The highest BCUT2D eigenvalue weighted by Crippen LogP contribution is 2.46. The first-order chi connectivity index (χ1) is 12.7. The average molecular weight is 442 g/mol. The summed E-state index contributed by atoms with van der Waals surface area (Å²) in [5.41, 5.74) is 0.834. The average Bonchev–Trinajstić information content (AvgIpc) is 2.56. The molecule has 0 saturated carbocycles. The SMILES string of the molecule is Cc1ccc(S(=O)(=O)OCCOCCOCC(F)(F)C(F)(F)C(F)(F)F)cc1. The molecule has 162 valence electrons. The number of aryl methyl sites for hydroxylation is 1. The summed E-state index contributed by atoms with van der Waals surface area (Å²) in [6.45, 7) is -2.33. The van der Waals surface area contributed by atoms with Crippen LogP contribution in [0.4, 0.5) is 30.7 Å². The zero-order valence-electron chi connectivity index (χ0n) is 14.4. The minimum Gasteiger partial charge on any atom is -0.377 e. The van der Waals surface area contributed by atoms with Crippen LogP contribution in [0.5, 0.6) is 0 Å². The summed E-state index contributed by atoms with van der Waals surface area (Å²) in [6.07, 6.45) is -6.42. The first-order valence-corrected chi connectivity index (χ1v) is 9.05. The van der Waals surface area contributed by atoms with Crippen molar-refractivity contribution in [2.75, 3.05) is 33.0 Å². The minimum atomic E-state index is -6.42. The van der Waals surface area contributed by atoms with Gasteiger partial charge in [-0.05, 0) is 19.1 Å². The van der Waals surface area contributed by atoms with E-state index in [-0.39, 0.29) is 11.5 Å². The first-order valence-electron chi connectivity index (χ1n) is 7.65. The zero-order chi connectivity index (χ0) is 21.6. The molecule has 5 nitrogen and oxygen atoms in total. The summed E-state index contributed by atoms with van der Waals surface area (Å²) in [6, 6.07) is 5.77. The lowest BCUT2D eigenvalue weighted by molar-refractivity contribution is -0.361. The third-order valence-electron chi connectivity index (χ3n) is 3.25. The third-order valence-corrected chi connectivity index (χ3v) is 4.57. The van der Waals surface area contributed by atoms with Crippen molar-refractivity contribution in [1.29, 1.82) is 0 Å². The number of ether oxygens (including phenoxy) is 2. The second-order valence-corrected chi connectivity index (χ2v) is 7.15. The van der Waals surface area contributed by atoms with Crippen LogP contribution in [0.2, 0.25) is 0 Å². The fourth-order valence-electron chi connectivity index (χ4n) is 1.69. The lowest BCUT2D eigenvalue weighted by Crippen LogP contribution is -2.54. The highest BCUT2D eigenvalue weighted by Gasteiger charge is 2.72. The second kappa shape index (κ2) is 9.37. The van der Waals surface area contributed by atoms with Crippen LogP contribution in [0.15, 0.2) is 29.2 Å². The van der Waals surface area contributed by atoms with Gasteiger partial charge in [-0.25, -0.2) is 0 Å². The number of rotatable bonds is 11. The highest BCUT2D eigenvalue weighted by atomic mass is 32.2. The fraction of sp³-hybridized carbons (Fsp3) is 0.600. The van der Waals surface area contributed by atoms with Crippen molar-refractivity contribution in [3.63, 3.8) is 0 Å². The largest absolute Gasteiger partial charge is 0.459 e. The van der Waals surface area contributed by atoms with Crippen molar-refractivity contribution >= 4 is 10.1 Å². The van der Waals surface area contributed by atoms with Gasteiger partial charge >= 0.3 is 18.0 Å². The fourth-order valence-corrected chi connectivity index (χ4v) is 2.59. The number of alkyl halides is 7. The normalized spacial score (nSPS) is 13.7. The summed E-state index contributed by atoms with van der Waals surface area (Å²) < 4.78 is 124. The Morgan fingerprint density at radius 2 is 1.32 bits per heavy atom. The Labute approximate surface area is 156 Å². The Hall–Kier alpha value is -1.44. The lowest BCUT2D eigenvalue weighted by atomic mass is 10.2. The molecule has 0 aliphatic rings. The number of halogens is 7. The van der Waals surface area contributed by atoms with E-state index >= 15 is 0 Å². The molecule has 0 fully saturated rings. The van der Waals surface area contributed by atoms with Crippen LogP contribution in [-0.4, -0.2) is 59.5 Å². The topological polar surface area (TPSA) is 61.8 Å². The Kier molecular flexibility index (Phi) is 8.23. The molecule has 0 bridgehead atoms. The Morgan fingerprint density at radius 1 is 0.821 bits per heavy atom. The molecular formula is C15H17F7O5S. The van der Waals surface area contributed by atoms with Gasteiger partial charge in [0, 0.05) is 0 Å². The van der Waals surface area contributed by atoms with E-state index in [0.717, 1.165) is 5.56 Å². The molecule has 0 unspecified atom stereocenters. The molecule has 0 aliphatic heterocycles. The zero-order valence-corrected chi connectivity index (χ0v) is 15.3. The number of hydrogen-bond donors (Lipinski definition) is 0. The van der Waals surface area contributed by atoms with Gasteiger partial charge in [-0.2, -0.15) is 39.2 Å². The van der Waals surface area contributed by atoms with Crippen molar-refractivity contribution < 1.29 is 52.8 Å². The van der Waals surface area contributed by atoms with Crippen molar-refractivity contribution in [2.24, 2.45) is 0 Å². The number of benzene rings is 1. The van der Waals surface area contributed by atoms with Gasteiger partial charge in [0.2, 0.25) is 0 Å². The van der Waals surface area contributed by atoms with Gasteiger partial charge in [-0.1, -0.05) is 17.7 Å². The maximum atomic E-state index is 12.9. The van der Waals surface area contributed by atoms with Gasteiger partial charge in [0.15, 0.2) is 0 Å². The van der Waals surface area contributed by atoms with E-state index in [2.05, 4.69) is 8.92 Å². The van der Waals surface area contributed by atoms with Crippen LogP contribution in [0, 0.1) is 6.92 Å². The van der Waals surface area contributed by atoms with E-state index in [1.54, 1.807) is 19.1 Å². The quantitative estimate of drug-likeness (QED) is 0.298. The molecule has 1 aromatic rings. The van der Waals surface area contributed by atoms with Crippen molar-refractivity contribution in [3.8, 4) is 0 Å². The van der Waals surface area contributed by atoms with Crippen LogP contribution >= 0.6 is 0 Å². The Morgan fingerprint density at radius 3 is 1.86 bits per heavy atom. The monoisotopic (exact) mass is 442 g/mol. The van der Waals surface area contributed by atoms with E-state index < -0.39 is 54.6 Å². The molecule has 0 spiro atoms. The molecule has 0 atom stereocenters. The predicted octanol–water partition coefficient (Wildman–Crippen LogP) is 3.57. The summed E-state index contributed by atoms with van der Waals surface area (Å²) in [5.74, 6) is -11.7. The van der Waals surface area contributed by atoms with E-state index in [1.165, 1.54) is 12.1 Å². The Bertz CT molecular complexity index is 717. The first kappa shape index (κ1) is 24.6. The van der Waals surface area contributed by atoms with Gasteiger partial charge in [0.05, 0.1) is 31.3 Å². The van der Waals surface area contributed by atoms with Gasteiger partial charge in [-0.3, -0.25) is 4.18 Å². The molecule has 0 aliphatic carbocycles. The van der Waals surface area contributed by atoms with Crippen molar-refractivity contribution in [2.45, 2.75) is 29.8 Å². The number of hydrogen-bond acceptors (Lipinski definition) is 5. The molecule has 1 aromatic carbocycles. The van der Waals surface area contributed by atoms with Crippen molar-refractivity contribution in [3.05, 3.63) is 29.8 Å². The summed E-state index contributed by atoms with van der Waals surface area (Å²) in [7, 11) is -4.02. The molecule has 0 amide bonds. The molecule has 1 rings (SSSR count). The molecule has 13 heteroatoms. The summed E-state index contributed by atoms with van der Waals surface area (Å²) in [4.78, 5) is -0.0887. The molecular weight excluding hydrogens is 425 g/mol. The standard InChI is InChI=1S/C15H17F7O5S/c1-11-2-4-12(5-3-11)28(23,24)27-9-8-25-6-7-26-10-13(16,17)14(18,19)15(20,21)22/h2-5H,6-10H2,1H3. The van der Waals surface area contributed by atoms with Gasteiger partial charge in [0.1, 0.15) is 6.61 Å². The molecule has 0 saturated heterocycles. The molecule has 0 radical (unpaired) electrons. The molecule has 0 aromatic heterocycles. The molecule has 0 heterocycles. The van der Waals surface area contributed by atoms with E-state index in [4.69, 9.17) is 4.74 Å². The summed E-state index contributed by atoms with van der Waals surface area (Å²) >= 11 is 0. The van der Waals surface area contributed by atoms with Gasteiger partial charge in [0.25, 0.3) is 10.1 Å². The van der Waals surface area contributed by atoms with Crippen LogP contribution in [0.25, 0.3) is 0 Å². The van der Waals surface area contributed by atoms with Crippen molar-refractivity contribution in [1.82, 2.24) is 0 Å². The third kappa shape index (κ3) is 6.57. The van der Waals surface area contributed by atoms with Gasteiger partial charge in [-0.15, -0.1) is 0 Å². The summed E-state index contributed by atoms with van der Waals surface area (Å²) in [5, 5.41) is 0. The van der Waals surface area contributed by atoms with Crippen LogP contribution < -0.4 is 0 Å². The molecule has 0 N–H and O–H groups in total. The van der Waals surface area contributed by atoms with E-state index in [9.17, 15) is 39.2 Å².